The fraction of sp³-hybridized carbons (Fsp3) is 0.214. The molecule has 0 saturated carbocycles. The van der Waals surface area contributed by atoms with Crippen LogP contribution in [0, 0.1) is 13.8 Å². The van der Waals surface area contributed by atoms with Gasteiger partial charge in [0, 0.05) is 5.39 Å². The number of pyridine rings is 1. The van der Waals surface area contributed by atoms with Crippen molar-refractivity contribution in [2.24, 2.45) is 0 Å². The van der Waals surface area contributed by atoms with Crippen molar-refractivity contribution >= 4 is 22.4 Å². The number of aromatic nitrogens is 4. The maximum atomic E-state index is 5.92. The second-order valence-electron chi connectivity index (χ2n) is 4.41. The van der Waals surface area contributed by atoms with Gasteiger partial charge >= 0.3 is 0 Å². The molecule has 0 saturated heterocycles. The van der Waals surface area contributed by atoms with Gasteiger partial charge in [-0.15, -0.1) is 16.7 Å². The largest absolute Gasteiger partial charge is 0.232 e. The highest BCUT2D eigenvalue weighted by atomic mass is 35.5. The van der Waals surface area contributed by atoms with Gasteiger partial charge in [-0.25, -0.2) is 9.97 Å². The first kappa shape index (κ1) is 12.1. The smallest absolute Gasteiger partial charge is 0.163 e. The van der Waals surface area contributed by atoms with E-state index in [-0.39, 0.29) is 0 Å². The zero-order valence-corrected chi connectivity index (χ0v) is 11.5. The second-order valence-corrected chi connectivity index (χ2v) is 4.68. The number of rotatable bonds is 2. The number of aryl methyl sites for hydroxylation is 2. The summed E-state index contributed by atoms with van der Waals surface area (Å²) in [4.78, 5) is 8.92. The minimum Gasteiger partial charge on any atom is -0.232 e. The van der Waals surface area contributed by atoms with Crippen LogP contribution in [0.5, 0.6) is 0 Å². The van der Waals surface area contributed by atoms with Gasteiger partial charge in [-0.1, -0.05) is 24.3 Å². The molecular formula is C14H13ClN4. The Morgan fingerprint density at radius 2 is 1.95 bits per heavy atom. The molecule has 0 N–H and O–H groups in total. The summed E-state index contributed by atoms with van der Waals surface area (Å²) in [6.45, 7) is 3.79. The summed E-state index contributed by atoms with van der Waals surface area (Å²) in [5.74, 6) is 2.72. The molecule has 0 bridgehead atoms. The van der Waals surface area contributed by atoms with Crippen LogP contribution < -0.4 is 0 Å². The van der Waals surface area contributed by atoms with E-state index >= 15 is 0 Å². The maximum absolute atomic E-state index is 5.92. The molecule has 3 aromatic rings. The van der Waals surface area contributed by atoms with Crippen molar-refractivity contribution in [3.8, 4) is 5.82 Å². The van der Waals surface area contributed by atoms with Crippen molar-refractivity contribution in [2.45, 2.75) is 19.7 Å². The predicted molar refractivity (Wildman–Crippen MR) is 75.7 cm³/mol. The predicted octanol–water partition coefficient (Wildman–Crippen LogP) is 3.17. The minimum atomic E-state index is 0.380. The van der Waals surface area contributed by atoms with Crippen LogP contribution >= 0.6 is 11.6 Å². The summed E-state index contributed by atoms with van der Waals surface area (Å²) >= 11 is 5.92. The van der Waals surface area contributed by atoms with E-state index in [4.69, 9.17) is 11.6 Å². The Kier molecular flexibility index (Phi) is 2.95. The van der Waals surface area contributed by atoms with Crippen molar-refractivity contribution in [2.75, 3.05) is 0 Å². The minimum absolute atomic E-state index is 0.380. The lowest BCUT2D eigenvalue weighted by Gasteiger charge is -2.08. The summed E-state index contributed by atoms with van der Waals surface area (Å²) in [5.41, 5.74) is 0.836. The van der Waals surface area contributed by atoms with Crippen molar-refractivity contribution in [1.82, 2.24) is 19.7 Å². The number of nitrogens with zero attached hydrogens (tertiary/aromatic N) is 4. The number of benzene rings is 1. The quantitative estimate of drug-likeness (QED) is 0.673. The Bertz CT molecular complexity index is 748. The molecule has 2 heterocycles. The lowest BCUT2D eigenvalue weighted by atomic mass is 10.1. The number of halogens is 1. The number of fused-ring (bicyclic) bond motifs is 1. The molecule has 5 heteroatoms. The summed E-state index contributed by atoms with van der Waals surface area (Å²) < 4.78 is 1.77. The molecule has 96 valence electrons. The monoisotopic (exact) mass is 272 g/mol. The van der Waals surface area contributed by atoms with Crippen LogP contribution in [0.3, 0.4) is 0 Å². The molecule has 0 fully saturated rings. The van der Waals surface area contributed by atoms with E-state index in [1.165, 1.54) is 0 Å². The molecule has 0 aliphatic rings. The Morgan fingerprint density at radius 3 is 2.63 bits per heavy atom. The number of hydrogen-bond donors (Lipinski definition) is 0. The highest BCUT2D eigenvalue weighted by molar-refractivity contribution is 6.17. The van der Waals surface area contributed by atoms with Gasteiger partial charge in [-0.05, 0) is 25.3 Å². The molecule has 4 nitrogen and oxygen atoms in total. The second kappa shape index (κ2) is 4.63. The van der Waals surface area contributed by atoms with Crippen molar-refractivity contribution < 1.29 is 0 Å². The fourth-order valence-corrected chi connectivity index (χ4v) is 2.32. The van der Waals surface area contributed by atoms with E-state index in [0.29, 0.717) is 5.88 Å². The van der Waals surface area contributed by atoms with E-state index < -0.39 is 0 Å². The molecule has 0 atom stereocenters. The topological polar surface area (TPSA) is 43.6 Å². The van der Waals surface area contributed by atoms with Crippen LogP contribution in [-0.4, -0.2) is 19.7 Å². The van der Waals surface area contributed by atoms with Gasteiger partial charge in [0.1, 0.15) is 11.6 Å². The lowest BCUT2D eigenvalue weighted by Crippen LogP contribution is -2.05. The first-order valence-corrected chi connectivity index (χ1v) is 6.58. The molecule has 0 aliphatic heterocycles. The molecule has 3 rings (SSSR count). The Labute approximate surface area is 116 Å². The van der Waals surface area contributed by atoms with Crippen LogP contribution in [0.4, 0.5) is 0 Å². The normalized spacial score (nSPS) is 11.1. The first-order chi connectivity index (χ1) is 9.19. The zero-order chi connectivity index (χ0) is 13.4. The maximum Gasteiger partial charge on any atom is 0.163 e. The Morgan fingerprint density at radius 1 is 1.16 bits per heavy atom. The van der Waals surface area contributed by atoms with Gasteiger partial charge in [-0.3, -0.25) is 0 Å². The zero-order valence-electron chi connectivity index (χ0n) is 10.8. The molecule has 0 unspecified atom stereocenters. The summed E-state index contributed by atoms with van der Waals surface area (Å²) in [7, 11) is 0. The first-order valence-electron chi connectivity index (χ1n) is 6.04. The number of hydrogen-bond acceptors (Lipinski definition) is 3. The van der Waals surface area contributed by atoms with E-state index in [1.54, 1.807) is 4.68 Å². The molecule has 19 heavy (non-hydrogen) atoms. The molecular weight excluding hydrogens is 260 g/mol. The summed E-state index contributed by atoms with van der Waals surface area (Å²) in [5, 5.41) is 6.56. The van der Waals surface area contributed by atoms with Gasteiger partial charge in [0.25, 0.3) is 0 Å². The Balaban J connectivity index is 2.35. The summed E-state index contributed by atoms with van der Waals surface area (Å²) in [6, 6.07) is 10.1. The third-order valence-corrected chi connectivity index (χ3v) is 3.26. The van der Waals surface area contributed by atoms with Crippen LogP contribution in [0.15, 0.2) is 30.3 Å². The van der Waals surface area contributed by atoms with Gasteiger partial charge in [0.15, 0.2) is 5.82 Å². The van der Waals surface area contributed by atoms with Gasteiger partial charge < -0.3 is 0 Å². The third-order valence-electron chi connectivity index (χ3n) is 2.99. The third kappa shape index (κ3) is 2.08. The van der Waals surface area contributed by atoms with E-state index in [1.807, 2.05) is 38.1 Å². The van der Waals surface area contributed by atoms with Crippen LogP contribution in [0.25, 0.3) is 16.6 Å². The van der Waals surface area contributed by atoms with Crippen molar-refractivity contribution in [3.05, 3.63) is 47.7 Å². The molecule has 1 aromatic carbocycles. The van der Waals surface area contributed by atoms with Gasteiger partial charge in [0.05, 0.1) is 11.6 Å². The van der Waals surface area contributed by atoms with Crippen LogP contribution in [-0.2, 0) is 5.88 Å². The van der Waals surface area contributed by atoms with Crippen LogP contribution in [0.1, 0.15) is 17.3 Å². The molecule has 0 amide bonds. The average Bonchev–Trinajstić information content (AvgIpc) is 2.76. The highest BCUT2D eigenvalue weighted by Crippen LogP contribution is 2.22. The van der Waals surface area contributed by atoms with E-state index in [9.17, 15) is 0 Å². The average molecular weight is 273 g/mol. The summed E-state index contributed by atoms with van der Waals surface area (Å²) in [6.07, 6.45) is 0. The van der Waals surface area contributed by atoms with Crippen molar-refractivity contribution in [3.63, 3.8) is 0 Å². The molecule has 0 spiro atoms. The highest BCUT2D eigenvalue weighted by Gasteiger charge is 2.11. The molecule has 0 aliphatic carbocycles. The standard InChI is InChI=1S/C14H13ClN4/c1-9-16-10(2)19(18-9)14-13-6-4-3-5-11(13)7-12(8-15)17-14/h3-7H,8H2,1-2H3. The van der Waals surface area contributed by atoms with Gasteiger partial charge in [0.2, 0.25) is 0 Å². The van der Waals surface area contributed by atoms with E-state index in [2.05, 4.69) is 21.1 Å². The lowest BCUT2D eigenvalue weighted by molar-refractivity contribution is 0.806. The van der Waals surface area contributed by atoms with Gasteiger partial charge in [-0.2, -0.15) is 4.68 Å². The van der Waals surface area contributed by atoms with E-state index in [0.717, 1.165) is 33.9 Å². The SMILES string of the molecule is Cc1nc(C)n(-c2nc(CCl)cc3ccccc23)n1. The number of alkyl halides is 1. The Hall–Kier alpha value is -1.94. The van der Waals surface area contributed by atoms with Crippen LogP contribution in [0.2, 0.25) is 0 Å². The molecule has 2 aromatic heterocycles. The molecule has 0 radical (unpaired) electrons. The fourth-order valence-electron chi connectivity index (χ4n) is 2.19. The van der Waals surface area contributed by atoms with Crippen molar-refractivity contribution in [1.29, 1.82) is 0 Å².